The predicted molar refractivity (Wildman–Crippen MR) is 240 cm³/mol. The molecule has 3 atom stereocenters. The van der Waals surface area contributed by atoms with E-state index in [4.69, 9.17) is 12.2 Å². The number of carbonyl (C=O) groups excluding carboxylic acids is 1. The summed E-state index contributed by atoms with van der Waals surface area (Å²) in [5, 5.41) is 29.4. The lowest BCUT2D eigenvalue weighted by atomic mass is 9.75. The Bertz CT molecular complexity index is 2400. The molecule has 3 aliphatic rings. The summed E-state index contributed by atoms with van der Waals surface area (Å²) in [6, 6.07) is 15.0. The van der Waals surface area contributed by atoms with Gasteiger partial charge < -0.3 is 20.2 Å². The van der Waals surface area contributed by atoms with Gasteiger partial charge in [0.2, 0.25) is 0 Å². The van der Waals surface area contributed by atoms with Crippen LogP contribution in [-0.2, 0) is 25.7 Å². The minimum Gasteiger partial charge on any atom is -0.481 e. The molecule has 1 saturated heterocycles. The number of nitrogens with zero attached hydrogens (tertiary/aromatic N) is 3. The standard InChI is InChI=1S/C44H53N3O8S4/c1-9-44(8,39(54)55)23-43(6,7)59-27-16-14-26(15-17-27)47-30-12-10-11-28(30)29-19-25(13-18-31(29)47)20-32-35(50)45(21-33(48)49)37(57-32)34-36(51)46(40(56)58-34)24-41(2,3)22-42(4,5)38(52)53/h13-20,28,30H,9-12,21-24H2,1-8H3,(H,48,49)(H,52,53)(H,54,55)/b32-20-,37-34+. The highest BCUT2D eigenvalue weighted by Gasteiger charge is 2.44. The van der Waals surface area contributed by atoms with Gasteiger partial charge in [0.15, 0.2) is 0 Å². The maximum Gasteiger partial charge on any atom is 0.323 e. The van der Waals surface area contributed by atoms with E-state index in [1.807, 2.05) is 33.8 Å². The molecule has 15 heteroatoms. The molecule has 2 aromatic carbocycles. The van der Waals surface area contributed by atoms with Crippen molar-refractivity contribution in [3.8, 4) is 0 Å². The molecule has 2 fully saturated rings. The van der Waals surface area contributed by atoms with Crippen LogP contribution in [0.15, 0.2) is 52.2 Å². The molecule has 1 saturated carbocycles. The van der Waals surface area contributed by atoms with Crippen LogP contribution in [-0.4, -0.2) is 70.3 Å². The maximum absolute atomic E-state index is 13.9. The van der Waals surface area contributed by atoms with Crippen molar-refractivity contribution in [3.05, 3.63) is 73.1 Å². The topological polar surface area (TPSA) is 157 Å². The van der Waals surface area contributed by atoms with Gasteiger partial charge >= 0.3 is 17.9 Å². The third kappa shape index (κ3) is 9.23. The Morgan fingerprint density at radius 2 is 1.61 bits per heavy atom. The average molecular weight is 880 g/mol. The summed E-state index contributed by atoms with van der Waals surface area (Å²) in [4.78, 5) is 68.8. The monoisotopic (exact) mass is 879 g/mol. The van der Waals surface area contributed by atoms with Crippen molar-refractivity contribution in [2.24, 2.45) is 16.2 Å². The predicted octanol–water partition coefficient (Wildman–Crippen LogP) is 7.87. The molecule has 3 heterocycles. The maximum atomic E-state index is 13.9. The highest BCUT2D eigenvalue weighted by Crippen LogP contribution is 2.53. The minimum absolute atomic E-state index is 0.161. The van der Waals surface area contributed by atoms with Gasteiger partial charge in [0.05, 0.1) is 15.4 Å². The number of amides is 1. The van der Waals surface area contributed by atoms with Crippen molar-refractivity contribution in [1.29, 1.82) is 0 Å². The second-order valence-electron chi connectivity index (χ2n) is 18.4. The van der Waals surface area contributed by atoms with Crippen molar-refractivity contribution in [2.45, 2.75) is 122 Å². The quantitative estimate of drug-likeness (QED) is 0.100. The van der Waals surface area contributed by atoms with Crippen molar-refractivity contribution < 1.29 is 34.5 Å². The van der Waals surface area contributed by atoms with E-state index < -0.39 is 52.2 Å². The van der Waals surface area contributed by atoms with E-state index in [0.717, 1.165) is 68.8 Å². The van der Waals surface area contributed by atoms with E-state index in [-0.39, 0.29) is 37.6 Å². The Balaban J connectivity index is 1.31. The van der Waals surface area contributed by atoms with Crippen molar-refractivity contribution in [3.63, 3.8) is 0 Å². The lowest BCUT2D eigenvalue weighted by Gasteiger charge is -2.34. The second kappa shape index (κ2) is 16.5. The SMILES string of the molecule is CCC(C)(CC(C)(C)Sc1ccc(N2c3ccc(/C=c4\s/c(=C5/SC(=S)N(CC(C)(C)CC(C)(C)C(=O)O)C5=O)n(CC(=O)O)c4=O)cc3C3CCCC32)cc1)C(=O)O. The molecule has 3 unspecified atom stereocenters. The molecule has 1 aromatic heterocycles. The molecule has 3 aromatic rings. The third-order valence-corrected chi connectivity index (χ3v) is 15.7. The van der Waals surface area contributed by atoms with Crippen LogP contribution in [0.25, 0.3) is 11.0 Å². The first-order chi connectivity index (χ1) is 27.5. The zero-order chi connectivity index (χ0) is 43.4. The van der Waals surface area contributed by atoms with Gasteiger partial charge in [0.25, 0.3) is 11.5 Å². The number of carbonyl (C=O) groups is 4. The van der Waals surface area contributed by atoms with Crippen molar-refractivity contribution in [1.82, 2.24) is 9.47 Å². The van der Waals surface area contributed by atoms with Gasteiger partial charge in [0.1, 0.15) is 20.4 Å². The Hall–Kier alpha value is -3.92. The van der Waals surface area contributed by atoms with Crippen LogP contribution in [0, 0.1) is 16.2 Å². The summed E-state index contributed by atoms with van der Waals surface area (Å²) in [6.45, 7) is 14.5. The lowest BCUT2D eigenvalue weighted by molar-refractivity contribution is -0.149. The van der Waals surface area contributed by atoms with Gasteiger partial charge in [-0.2, -0.15) is 0 Å². The lowest BCUT2D eigenvalue weighted by Crippen LogP contribution is -2.41. The molecule has 11 nitrogen and oxygen atoms in total. The molecular formula is C44H53N3O8S4. The Labute approximate surface area is 362 Å². The third-order valence-electron chi connectivity index (χ3n) is 11.8. The number of aromatic nitrogens is 1. The fraction of sp³-hybridized carbons (Fsp3) is 0.500. The summed E-state index contributed by atoms with van der Waals surface area (Å²) >= 11 is 9.40. The van der Waals surface area contributed by atoms with Crippen LogP contribution in [0.4, 0.5) is 11.4 Å². The number of benzene rings is 2. The summed E-state index contributed by atoms with van der Waals surface area (Å²) in [6.07, 6.45) is 6.31. The number of fused-ring (bicyclic) bond motifs is 3. The first-order valence-electron chi connectivity index (χ1n) is 19.9. The summed E-state index contributed by atoms with van der Waals surface area (Å²) in [5.74, 6) is -3.07. The van der Waals surface area contributed by atoms with E-state index in [2.05, 4.69) is 55.1 Å². The highest BCUT2D eigenvalue weighted by molar-refractivity contribution is 8.30. The van der Waals surface area contributed by atoms with Crippen LogP contribution in [0.2, 0.25) is 0 Å². The molecule has 1 aliphatic carbocycles. The van der Waals surface area contributed by atoms with Crippen molar-refractivity contribution >= 4 is 97.6 Å². The number of rotatable bonds is 15. The Morgan fingerprint density at radius 3 is 2.22 bits per heavy atom. The molecule has 2 aliphatic heterocycles. The van der Waals surface area contributed by atoms with E-state index >= 15 is 0 Å². The van der Waals surface area contributed by atoms with Gasteiger partial charge in [-0.05, 0) is 112 Å². The van der Waals surface area contributed by atoms with Crippen LogP contribution >= 0.6 is 47.1 Å². The first-order valence-corrected chi connectivity index (χ1v) is 22.7. The smallest absolute Gasteiger partial charge is 0.323 e. The number of aliphatic carboxylic acids is 3. The zero-order valence-electron chi connectivity index (χ0n) is 34.8. The van der Waals surface area contributed by atoms with Gasteiger partial charge in [-0.1, -0.05) is 71.1 Å². The Kier molecular flexibility index (Phi) is 12.5. The number of thioether (sulfide) groups is 2. The first kappa shape index (κ1) is 44.6. The number of carboxylic acids is 3. The van der Waals surface area contributed by atoms with E-state index in [9.17, 15) is 39.3 Å². The molecule has 59 heavy (non-hydrogen) atoms. The number of carboxylic acid groups (broad SMARTS) is 3. The molecule has 0 spiro atoms. The largest absolute Gasteiger partial charge is 0.481 e. The van der Waals surface area contributed by atoms with Crippen LogP contribution in [0.3, 0.4) is 0 Å². The van der Waals surface area contributed by atoms with Crippen LogP contribution in [0.1, 0.15) is 111 Å². The zero-order valence-corrected chi connectivity index (χ0v) is 38.1. The van der Waals surface area contributed by atoms with Gasteiger partial charge in [0, 0.05) is 39.5 Å². The number of anilines is 2. The summed E-state index contributed by atoms with van der Waals surface area (Å²) in [7, 11) is 0. The number of thiocarbonyl (C=S) groups is 1. The molecule has 316 valence electrons. The molecule has 3 N–H and O–H groups in total. The highest BCUT2D eigenvalue weighted by atomic mass is 32.2. The molecular weight excluding hydrogens is 827 g/mol. The fourth-order valence-corrected chi connectivity index (χ4v) is 13.0. The van der Waals surface area contributed by atoms with Crippen LogP contribution in [0.5, 0.6) is 0 Å². The van der Waals surface area contributed by atoms with E-state index in [1.165, 1.54) is 10.5 Å². The summed E-state index contributed by atoms with van der Waals surface area (Å²) < 4.78 is 1.63. The minimum atomic E-state index is -1.22. The van der Waals surface area contributed by atoms with Crippen LogP contribution < -0.4 is 19.7 Å². The number of hydrogen-bond donors (Lipinski definition) is 3. The summed E-state index contributed by atoms with van der Waals surface area (Å²) in [5.41, 5.74) is 1.24. The number of hydrogen-bond acceptors (Lipinski definition) is 10. The van der Waals surface area contributed by atoms with Gasteiger partial charge in [-0.15, -0.1) is 23.1 Å². The molecule has 6 rings (SSSR count). The molecule has 1 amide bonds. The molecule has 0 radical (unpaired) electrons. The van der Waals surface area contributed by atoms with E-state index in [1.54, 1.807) is 31.7 Å². The van der Waals surface area contributed by atoms with Crippen molar-refractivity contribution in [2.75, 3.05) is 11.4 Å². The Morgan fingerprint density at radius 1 is 0.932 bits per heavy atom. The fourth-order valence-electron chi connectivity index (χ4n) is 9.16. The molecule has 0 bridgehead atoms. The normalized spacial score (nSPS) is 20.6. The van der Waals surface area contributed by atoms with E-state index in [0.29, 0.717) is 23.3 Å². The average Bonchev–Trinajstić information content (AvgIpc) is 3.87. The van der Waals surface area contributed by atoms with Gasteiger partial charge in [-0.25, -0.2) is 0 Å². The number of thiazole rings is 1. The van der Waals surface area contributed by atoms with Gasteiger partial charge in [-0.3, -0.25) is 33.4 Å². The second-order valence-corrected chi connectivity index (χ2v) is 22.8.